The maximum Gasteiger partial charge on any atom is 0.227 e. The third-order valence-corrected chi connectivity index (χ3v) is 6.30. The molecule has 31 heavy (non-hydrogen) atoms. The summed E-state index contributed by atoms with van der Waals surface area (Å²) in [4.78, 5) is 29.4. The molecule has 2 aromatic rings. The molecule has 1 heterocycles. The van der Waals surface area contributed by atoms with Gasteiger partial charge in [0.2, 0.25) is 11.8 Å². The molecule has 3 rings (SSSR count). The number of nitrogens with zero attached hydrogens (tertiary/aromatic N) is 1. The largest absolute Gasteiger partial charge is 0.493 e. The number of rotatable bonds is 8. The van der Waals surface area contributed by atoms with Gasteiger partial charge in [-0.05, 0) is 43.4 Å². The number of amides is 1. The van der Waals surface area contributed by atoms with Crippen molar-refractivity contribution >= 4 is 11.7 Å². The van der Waals surface area contributed by atoms with Crippen molar-refractivity contribution in [3.05, 3.63) is 29.7 Å². The lowest BCUT2D eigenvalue weighted by Gasteiger charge is -2.34. The van der Waals surface area contributed by atoms with E-state index in [-0.39, 0.29) is 30.6 Å². The van der Waals surface area contributed by atoms with Crippen LogP contribution in [0.4, 0.5) is 0 Å². The quantitative estimate of drug-likeness (QED) is 0.637. The molecular formula is C24H32N2O5. The van der Waals surface area contributed by atoms with Crippen LogP contribution in [0.3, 0.4) is 0 Å². The van der Waals surface area contributed by atoms with E-state index in [1.54, 1.807) is 33.3 Å². The van der Waals surface area contributed by atoms with Gasteiger partial charge in [-0.15, -0.1) is 0 Å². The van der Waals surface area contributed by atoms with Crippen LogP contribution < -0.4 is 14.8 Å². The van der Waals surface area contributed by atoms with Crippen LogP contribution >= 0.6 is 0 Å². The van der Waals surface area contributed by atoms with Crippen LogP contribution in [0.25, 0.3) is 11.5 Å². The van der Waals surface area contributed by atoms with E-state index in [4.69, 9.17) is 13.9 Å². The van der Waals surface area contributed by atoms with E-state index in [1.807, 2.05) is 6.07 Å². The average molecular weight is 429 g/mol. The van der Waals surface area contributed by atoms with Crippen LogP contribution in [0.2, 0.25) is 0 Å². The molecule has 7 heteroatoms. The predicted molar refractivity (Wildman–Crippen MR) is 117 cm³/mol. The fraction of sp³-hybridized carbons (Fsp3) is 0.542. The molecule has 0 aliphatic heterocycles. The third-order valence-electron chi connectivity index (χ3n) is 6.30. The second-order valence-corrected chi connectivity index (χ2v) is 8.43. The Kier molecular flexibility index (Phi) is 7.36. The summed E-state index contributed by atoms with van der Waals surface area (Å²) in [5.74, 6) is 2.76. The Balaban J connectivity index is 1.62. The van der Waals surface area contributed by atoms with E-state index in [1.165, 1.54) is 6.42 Å². The van der Waals surface area contributed by atoms with Crippen molar-refractivity contribution in [3.8, 4) is 23.0 Å². The maximum atomic E-state index is 12.5. The molecular weight excluding hydrogens is 396 g/mol. The molecule has 1 aromatic carbocycles. The summed E-state index contributed by atoms with van der Waals surface area (Å²) in [6.45, 7) is 6.16. The van der Waals surface area contributed by atoms with Crippen LogP contribution in [0, 0.1) is 18.8 Å². The molecule has 0 bridgehead atoms. The summed E-state index contributed by atoms with van der Waals surface area (Å²) < 4.78 is 16.3. The molecule has 1 aromatic heterocycles. The number of oxazole rings is 1. The summed E-state index contributed by atoms with van der Waals surface area (Å²) >= 11 is 0. The number of hydrogen-bond acceptors (Lipinski definition) is 6. The van der Waals surface area contributed by atoms with E-state index in [0.717, 1.165) is 18.4 Å². The lowest BCUT2D eigenvalue weighted by Crippen LogP contribution is -2.44. The van der Waals surface area contributed by atoms with E-state index in [0.29, 0.717) is 40.7 Å². The molecule has 1 saturated carbocycles. The number of benzene rings is 1. The van der Waals surface area contributed by atoms with E-state index in [9.17, 15) is 9.59 Å². The number of hydrogen-bond donors (Lipinski definition) is 1. The minimum absolute atomic E-state index is 0.0622. The normalized spacial score (nSPS) is 20.9. The number of aromatic nitrogens is 1. The van der Waals surface area contributed by atoms with Gasteiger partial charge in [-0.1, -0.05) is 26.7 Å². The Hall–Kier alpha value is -2.83. The number of methoxy groups -OCH3 is 2. The van der Waals surface area contributed by atoms with E-state index >= 15 is 0 Å². The van der Waals surface area contributed by atoms with Gasteiger partial charge in [0.15, 0.2) is 11.5 Å². The lowest BCUT2D eigenvalue weighted by atomic mass is 9.78. The van der Waals surface area contributed by atoms with Gasteiger partial charge in [-0.2, -0.15) is 0 Å². The standard InChI is InChI=1S/C24H32N2O5/c1-14-7-6-8-19(15(14)2)25-23(28)13-18(27)12-20-16(3)31-24(26-20)17-9-10-21(29-4)22(11-17)30-5/h9-11,14-15,19H,6-8,12-13H2,1-5H3,(H,25,28). The predicted octanol–water partition coefficient (Wildman–Crippen LogP) is 4.11. The Morgan fingerprint density at radius 2 is 1.90 bits per heavy atom. The molecule has 0 saturated heterocycles. The maximum absolute atomic E-state index is 12.5. The molecule has 1 aliphatic carbocycles. The van der Waals surface area contributed by atoms with Gasteiger partial charge in [0.1, 0.15) is 11.5 Å². The highest BCUT2D eigenvalue weighted by atomic mass is 16.5. The van der Waals surface area contributed by atoms with Crippen molar-refractivity contribution in [2.24, 2.45) is 11.8 Å². The zero-order valence-corrected chi connectivity index (χ0v) is 19.0. The zero-order valence-electron chi connectivity index (χ0n) is 19.0. The van der Waals surface area contributed by atoms with Crippen LogP contribution in [-0.4, -0.2) is 36.9 Å². The fourth-order valence-corrected chi connectivity index (χ4v) is 4.16. The Morgan fingerprint density at radius 1 is 1.16 bits per heavy atom. The molecule has 168 valence electrons. The Bertz CT molecular complexity index is 936. The van der Waals surface area contributed by atoms with Gasteiger partial charge in [-0.3, -0.25) is 9.59 Å². The summed E-state index contributed by atoms with van der Waals surface area (Å²) in [5, 5.41) is 3.06. The van der Waals surface area contributed by atoms with Crippen molar-refractivity contribution in [3.63, 3.8) is 0 Å². The van der Waals surface area contributed by atoms with Gasteiger partial charge in [0.05, 0.1) is 32.8 Å². The summed E-state index contributed by atoms with van der Waals surface area (Å²) in [5.41, 5.74) is 1.26. The number of Topliss-reactive ketones (excluding diaryl/α,β-unsaturated/α-hetero) is 1. The Labute approximate surface area is 183 Å². The first kappa shape index (κ1) is 22.8. The minimum Gasteiger partial charge on any atom is -0.493 e. The molecule has 3 unspecified atom stereocenters. The van der Waals surface area contributed by atoms with Gasteiger partial charge in [0.25, 0.3) is 0 Å². The number of ketones is 1. The van der Waals surface area contributed by atoms with Crippen molar-refractivity contribution in [1.29, 1.82) is 0 Å². The molecule has 0 radical (unpaired) electrons. The van der Waals surface area contributed by atoms with Crippen molar-refractivity contribution in [1.82, 2.24) is 10.3 Å². The van der Waals surface area contributed by atoms with E-state index in [2.05, 4.69) is 24.1 Å². The zero-order chi connectivity index (χ0) is 22.5. The molecule has 1 fully saturated rings. The Morgan fingerprint density at radius 3 is 2.61 bits per heavy atom. The van der Waals surface area contributed by atoms with Crippen molar-refractivity contribution in [2.45, 2.75) is 58.9 Å². The first-order chi connectivity index (χ1) is 14.8. The van der Waals surface area contributed by atoms with Crippen LogP contribution in [0.15, 0.2) is 22.6 Å². The van der Waals surface area contributed by atoms with Crippen LogP contribution in [-0.2, 0) is 16.0 Å². The topological polar surface area (TPSA) is 90.7 Å². The second kappa shape index (κ2) is 9.98. The van der Waals surface area contributed by atoms with Gasteiger partial charge >= 0.3 is 0 Å². The number of carbonyl (C=O) groups is 2. The average Bonchev–Trinajstić information content (AvgIpc) is 3.10. The van der Waals surface area contributed by atoms with Gasteiger partial charge in [-0.25, -0.2) is 4.98 Å². The number of aryl methyl sites for hydroxylation is 1. The van der Waals surface area contributed by atoms with Gasteiger partial charge in [0, 0.05) is 11.6 Å². The van der Waals surface area contributed by atoms with E-state index < -0.39 is 0 Å². The first-order valence-electron chi connectivity index (χ1n) is 10.8. The summed E-state index contributed by atoms with van der Waals surface area (Å²) in [6.07, 6.45) is 3.20. The molecule has 1 aliphatic rings. The molecule has 3 atom stereocenters. The highest BCUT2D eigenvalue weighted by molar-refractivity contribution is 5.98. The van der Waals surface area contributed by atoms with Gasteiger partial charge < -0.3 is 19.2 Å². The smallest absolute Gasteiger partial charge is 0.227 e. The SMILES string of the molecule is COc1ccc(-c2nc(CC(=O)CC(=O)NC3CCCC(C)C3C)c(C)o2)cc1OC. The monoisotopic (exact) mass is 428 g/mol. The van der Waals surface area contributed by atoms with Crippen LogP contribution in [0.5, 0.6) is 11.5 Å². The highest BCUT2D eigenvalue weighted by Gasteiger charge is 2.28. The first-order valence-corrected chi connectivity index (χ1v) is 10.8. The highest BCUT2D eigenvalue weighted by Crippen LogP contribution is 2.33. The molecule has 7 nitrogen and oxygen atoms in total. The minimum atomic E-state index is -0.211. The van der Waals surface area contributed by atoms with Crippen molar-refractivity contribution in [2.75, 3.05) is 14.2 Å². The molecule has 0 spiro atoms. The fourth-order valence-electron chi connectivity index (χ4n) is 4.16. The summed E-state index contributed by atoms with van der Waals surface area (Å²) in [7, 11) is 3.13. The van der Waals surface area contributed by atoms with Crippen molar-refractivity contribution < 1.29 is 23.5 Å². The lowest BCUT2D eigenvalue weighted by molar-refractivity contribution is -0.128. The molecule has 1 amide bonds. The van der Waals surface area contributed by atoms with Crippen LogP contribution in [0.1, 0.15) is 51.0 Å². The molecule has 1 N–H and O–H groups in total. The second-order valence-electron chi connectivity index (χ2n) is 8.43. The number of ether oxygens (including phenoxy) is 2. The number of carbonyl (C=O) groups excluding carboxylic acids is 2. The number of nitrogens with one attached hydrogen (secondary N) is 1. The summed E-state index contributed by atoms with van der Waals surface area (Å²) in [6, 6.07) is 5.51. The third kappa shape index (κ3) is 5.46.